The second kappa shape index (κ2) is 14.3. The zero-order valence-corrected chi connectivity index (χ0v) is 34.8. The zero-order chi connectivity index (χ0) is 42.2. The third-order valence-corrected chi connectivity index (χ3v) is 13.4. The van der Waals surface area contributed by atoms with E-state index in [-0.39, 0.29) is 0 Å². The summed E-state index contributed by atoms with van der Waals surface area (Å²) >= 11 is 0. The first kappa shape index (κ1) is 36.3. The molecule has 0 saturated carbocycles. The molecule has 1 aliphatic carbocycles. The molecule has 0 bridgehead atoms. The van der Waals surface area contributed by atoms with E-state index >= 15 is 0 Å². The van der Waals surface area contributed by atoms with Gasteiger partial charge in [-0.1, -0.05) is 176 Å². The Kier molecular flexibility index (Phi) is 8.13. The standard InChI is InChI=1S/C61H39NO2/c1-3-14-43(15-4-1)61(44-16-5-2-6-17-44)55-23-10-7-18-49(55)54-39-47(35-37-56(54)61)62(45-31-26-40(27-32-45)42-30-36-52-50-19-8-11-24-57(50)63-59(52)38-42)46-33-28-41(29-34-46)48-21-13-22-53-51-20-9-12-25-58(51)64-60(48)53/h1-39H. The van der Waals surface area contributed by atoms with Gasteiger partial charge in [-0.25, -0.2) is 0 Å². The van der Waals surface area contributed by atoms with Crippen molar-refractivity contribution in [3.8, 4) is 33.4 Å². The van der Waals surface area contributed by atoms with E-state index in [9.17, 15) is 0 Å². The lowest BCUT2D eigenvalue weighted by Gasteiger charge is -2.34. The summed E-state index contributed by atoms with van der Waals surface area (Å²) in [4.78, 5) is 2.38. The Hall–Kier alpha value is -8.40. The number of hydrogen-bond acceptors (Lipinski definition) is 3. The summed E-state index contributed by atoms with van der Waals surface area (Å²) in [6.07, 6.45) is 0. The molecule has 0 unspecified atom stereocenters. The van der Waals surface area contributed by atoms with Crippen LogP contribution in [0.1, 0.15) is 22.3 Å². The minimum Gasteiger partial charge on any atom is -0.456 e. The van der Waals surface area contributed by atoms with E-state index in [0.29, 0.717) is 0 Å². The van der Waals surface area contributed by atoms with E-state index in [0.717, 1.165) is 83.2 Å². The van der Waals surface area contributed by atoms with Gasteiger partial charge < -0.3 is 13.7 Å². The molecule has 64 heavy (non-hydrogen) atoms. The van der Waals surface area contributed by atoms with Gasteiger partial charge in [-0.05, 0) is 111 Å². The maximum absolute atomic E-state index is 6.48. The lowest BCUT2D eigenvalue weighted by Crippen LogP contribution is -2.28. The number of fused-ring (bicyclic) bond motifs is 9. The second-order valence-electron chi connectivity index (χ2n) is 16.8. The molecule has 3 nitrogen and oxygen atoms in total. The molecule has 10 aromatic carbocycles. The van der Waals surface area contributed by atoms with Crippen molar-refractivity contribution in [1.29, 1.82) is 0 Å². The Labute approximate surface area is 370 Å². The van der Waals surface area contributed by atoms with Crippen molar-refractivity contribution in [2.45, 2.75) is 5.41 Å². The van der Waals surface area contributed by atoms with E-state index in [4.69, 9.17) is 8.83 Å². The molecule has 0 aliphatic heterocycles. The molecule has 0 fully saturated rings. The average molecular weight is 818 g/mol. The summed E-state index contributed by atoms with van der Waals surface area (Å²) in [6, 6.07) is 85.3. The minimum absolute atomic E-state index is 0.473. The van der Waals surface area contributed by atoms with E-state index in [1.807, 2.05) is 24.3 Å². The maximum atomic E-state index is 6.48. The summed E-state index contributed by atoms with van der Waals surface area (Å²) in [5, 5.41) is 4.52. The number of anilines is 3. The number of benzene rings is 10. The molecule has 0 atom stereocenters. The Morgan fingerprint density at radius 2 is 0.812 bits per heavy atom. The van der Waals surface area contributed by atoms with Crippen LogP contribution in [-0.2, 0) is 5.41 Å². The van der Waals surface area contributed by atoms with Gasteiger partial charge in [0.25, 0.3) is 0 Å². The van der Waals surface area contributed by atoms with Crippen LogP contribution in [0, 0.1) is 0 Å². The predicted octanol–water partition coefficient (Wildman–Crippen LogP) is 16.7. The Bertz CT molecular complexity index is 3670. The van der Waals surface area contributed by atoms with Crippen molar-refractivity contribution in [3.63, 3.8) is 0 Å². The molecule has 2 aromatic heterocycles. The molecule has 13 rings (SSSR count). The molecule has 3 heteroatoms. The quantitative estimate of drug-likeness (QED) is 0.160. The fourth-order valence-electron chi connectivity index (χ4n) is 10.5. The van der Waals surface area contributed by atoms with E-state index in [1.54, 1.807) is 0 Å². The predicted molar refractivity (Wildman–Crippen MR) is 264 cm³/mol. The largest absolute Gasteiger partial charge is 0.456 e. The number of para-hydroxylation sites is 3. The van der Waals surface area contributed by atoms with Crippen LogP contribution in [0.15, 0.2) is 245 Å². The third kappa shape index (κ3) is 5.47. The molecule has 0 radical (unpaired) electrons. The molecule has 0 amide bonds. The van der Waals surface area contributed by atoms with Gasteiger partial charge in [-0.3, -0.25) is 0 Å². The molecule has 0 N–H and O–H groups in total. The normalized spacial score (nSPS) is 12.8. The Morgan fingerprint density at radius 3 is 1.53 bits per heavy atom. The summed E-state index contributed by atoms with van der Waals surface area (Å²) in [5.74, 6) is 0. The highest BCUT2D eigenvalue weighted by atomic mass is 16.3. The fraction of sp³-hybridized carbons (Fsp3) is 0.0164. The number of hydrogen-bond donors (Lipinski definition) is 0. The summed E-state index contributed by atoms with van der Waals surface area (Å²) < 4.78 is 12.8. The van der Waals surface area contributed by atoms with Crippen molar-refractivity contribution in [1.82, 2.24) is 0 Å². The molecule has 300 valence electrons. The summed E-state index contributed by atoms with van der Waals surface area (Å²) in [5.41, 5.74) is 18.3. The molecular formula is C61H39NO2. The van der Waals surface area contributed by atoms with Crippen LogP contribution in [0.2, 0.25) is 0 Å². The smallest absolute Gasteiger partial charge is 0.143 e. The average Bonchev–Trinajstić information content (AvgIpc) is 4.03. The maximum Gasteiger partial charge on any atom is 0.143 e. The highest BCUT2D eigenvalue weighted by molar-refractivity contribution is 6.10. The van der Waals surface area contributed by atoms with Gasteiger partial charge in [0.15, 0.2) is 0 Å². The molecule has 12 aromatic rings. The van der Waals surface area contributed by atoms with Gasteiger partial charge in [-0.15, -0.1) is 0 Å². The molecule has 2 heterocycles. The third-order valence-electron chi connectivity index (χ3n) is 13.4. The molecule has 0 saturated heterocycles. The van der Waals surface area contributed by atoms with Gasteiger partial charge in [0.2, 0.25) is 0 Å². The van der Waals surface area contributed by atoms with Crippen LogP contribution in [0.25, 0.3) is 77.3 Å². The second-order valence-corrected chi connectivity index (χ2v) is 16.8. The van der Waals surface area contributed by atoms with E-state index in [1.165, 1.54) is 33.4 Å². The van der Waals surface area contributed by atoms with Crippen molar-refractivity contribution in [2.75, 3.05) is 4.90 Å². The first-order valence-electron chi connectivity index (χ1n) is 21.9. The molecule has 0 spiro atoms. The first-order chi connectivity index (χ1) is 31.7. The first-order valence-corrected chi connectivity index (χ1v) is 21.9. The topological polar surface area (TPSA) is 29.5 Å². The van der Waals surface area contributed by atoms with Crippen molar-refractivity contribution in [3.05, 3.63) is 259 Å². The lowest BCUT2D eigenvalue weighted by molar-refractivity contribution is 0.669. The van der Waals surface area contributed by atoms with Gasteiger partial charge in [0.05, 0.1) is 5.41 Å². The van der Waals surface area contributed by atoms with Gasteiger partial charge >= 0.3 is 0 Å². The summed E-state index contributed by atoms with van der Waals surface area (Å²) in [7, 11) is 0. The minimum atomic E-state index is -0.473. The monoisotopic (exact) mass is 817 g/mol. The van der Waals surface area contributed by atoms with Crippen LogP contribution in [0.3, 0.4) is 0 Å². The Morgan fingerprint density at radius 1 is 0.297 bits per heavy atom. The van der Waals surface area contributed by atoms with Crippen molar-refractivity contribution >= 4 is 60.9 Å². The van der Waals surface area contributed by atoms with Crippen LogP contribution >= 0.6 is 0 Å². The van der Waals surface area contributed by atoms with Crippen molar-refractivity contribution < 1.29 is 8.83 Å². The highest BCUT2D eigenvalue weighted by Crippen LogP contribution is 2.57. The number of furan rings is 2. The van der Waals surface area contributed by atoms with Crippen molar-refractivity contribution in [2.24, 2.45) is 0 Å². The van der Waals surface area contributed by atoms with Crippen LogP contribution < -0.4 is 4.90 Å². The van der Waals surface area contributed by atoms with E-state index in [2.05, 4.69) is 217 Å². The molecular weight excluding hydrogens is 779 g/mol. The van der Waals surface area contributed by atoms with E-state index < -0.39 is 5.41 Å². The van der Waals surface area contributed by atoms with Gasteiger partial charge in [0.1, 0.15) is 22.3 Å². The van der Waals surface area contributed by atoms with Gasteiger partial charge in [-0.2, -0.15) is 0 Å². The SMILES string of the molecule is c1ccc(C2(c3ccccc3)c3ccccc3-c3cc(N(c4ccc(-c5ccc6c(c5)oc5ccccc56)cc4)c4ccc(-c5cccc6c5oc5ccccc56)cc4)ccc32)cc1. The Balaban J connectivity index is 0.965. The zero-order valence-electron chi connectivity index (χ0n) is 34.8. The fourth-order valence-corrected chi connectivity index (χ4v) is 10.5. The highest BCUT2D eigenvalue weighted by Gasteiger charge is 2.46. The summed E-state index contributed by atoms with van der Waals surface area (Å²) in [6.45, 7) is 0. The van der Waals surface area contributed by atoms with Crippen LogP contribution in [0.4, 0.5) is 17.1 Å². The lowest BCUT2D eigenvalue weighted by atomic mass is 9.68. The van der Waals surface area contributed by atoms with Gasteiger partial charge in [0, 0.05) is 44.2 Å². The number of nitrogens with zero attached hydrogens (tertiary/aromatic N) is 1. The van der Waals surface area contributed by atoms with Crippen LogP contribution in [-0.4, -0.2) is 0 Å². The number of rotatable bonds is 7. The molecule has 1 aliphatic rings. The van der Waals surface area contributed by atoms with Crippen LogP contribution in [0.5, 0.6) is 0 Å².